The summed E-state index contributed by atoms with van der Waals surface area (Å²) in [6.07, 6.45) is 3.16. The predicted molar refractivity (Wildman–Crippen MR) is 103 cm³/mol. The van der Waals surface area contributed by atoms with Crippen LogP contribution in [-0.4, -0.2) is 25.5 Å². The first-order valence-electron chi connectivity index (χ1n) is 8.36. The zero-order valence-corrected chi connectivity index (χ0v) is 14.0. The van der Waals surface area contributed by atoms with Crippen LogP contribution in [0.2, 0.25) is 0 Å². The van der Waals surface area contributed by atoms with Gasteiger partial charge in [-0.2, -0.15) is 5.10 Å². The molecule has 0 aliphatic rings. The quantitative estimate of drug-likeness (QED) is 0.509. The highest BCUT2D eigenvalue weighted by molar-refractivity contribution is 6.11. The monoisotopic (exact) mass is 355 g/mol. The van der Waals surface area contributed by atoms with Crippen LogP contribution in [0.5, 0.6) is 0 Å². The molecule has 0 aliphatic carbocycles. The average molecular weight is 355 g/mol. The number of benzene rings is 2. The molecule has 2 aromatic carbocycles. The third-order valence-corrected chi connectivity index (χ3v) is 4.52. The molecule has 0 atom stereocenters. The molecule has 3 heterocycles. The zero-order chi connectivity index (χ0) is 18.4. The molecule has 7 nitrogen and oxygen atoms in total. The van der Waals surface area contributed by atoms with Crippen molar-refractivity contribution in [1.29, 1.82) is 0 Å². The fourth-order valence-corrected chi connectivity index (χ4v) is 3.24. The van der Waals surface area contributed by atoms with Crippen molar-refractivity contribution in [3.8, 4) is 0 Å². The summed E-state index contributed by atoms with van der Waals surface area (Å²) in [6.45, 7) is 0. The molecule has 0 radical (unpaired) electrons. The smallest absolute Gasteiger partial charge is 0.261 e. The lowest BCUT2D eigenvalue weighted by atomic mass is 10.1. The number of nitrogens with zero attached hydrogens (tertiary/aromatic N) is 3. The molecule has 27 heavy (non-hydrogen) atoms. The van der Waals surface area contributed by atoms with Crippen LogP contribution in [0.1, 0.15) is 10.4 Å². The minimum atomic E-state index is -0.354. The summed E-state index contributed by atoms with van der Waals surface area (Å²) in [4.78, 5) is 32.3. The Labute approximate surface area is 152 Å². The first-order chi connectivity index (χ1) is 13.2. The molecule has 1 amide bonds. The average Bonchev–Trinajstić information content (AvgIpc) is 3.12. The first kappa shape index (κ1) is 15.3. The van der Waals surface area contributed by atoms with E-state index < -0.39 is 0 Å². The van der Waals surface area contributed by atoms with Crippen molar-refractivity contribution in [3.63, 3.8) is 0 Å². The van der Waals surface area contributed by atoms with Gasteiger partial charge in [0.2, 0.25) is 0 Å². The van der Waals surface area contributed by atoms with Crippen molar-refractivity contribution >= 4 is 39.0 Å². The lowest BCUT2D eigenvalue weighted by molar-refractivity contribution is 0.102. The second-order valence-corrected chi connectivity index (χ2v) is 6.12. The summed E-state index contributed by atoms with van der Waals surface area (Å²) in [6, 6.07) is 16.4. The van der Waals surface area contributed by atoms with Crippen LogP contribution < -0.4 is 10.9 Å². The number of nitrogens with one attached hydrogen (secondary N) is 2. The maximum absolute atomic E-state index is 12.9. The molecule has 2 N–H and O–H groups in total. The number of amides is 1. The second kappa shape index (κ2) is 5.77. The van der Waals surface area contributed by atoms with Crippen LogP contribution in [0.3, 0.4) is 0 Å². The van der Waals surface area contributed by atoms with E-state index in [0.717, 1.165) is 10.9 Å². The molecular formula is C20H13N5O2. The van der Waals surface area contributed by atoms with E-state index >= 15 is 0 Å². The van der Waals surface area contributed by atoms with Gasteiger partial charge in [0, 0.05) is 11.6 Å². The van der Waals surface area contributed by atoms with E-state index in [1.165, 1.54) is 6.20 Å². The summed E-state index contributed by atoms with van der Waals surface area (Å²) >= 11 is 0. The Morgan fingerprint density at radius 1 is 1.00 bits per heavy atom. The highest BCUT2D eigenvalue weighted by Crippen LogP contribution is 2.22. The topological polar surface area (TPSA) is 92.2 Å². The summed E-state index contributed by atoms with van der Waals surface area (Å²) in [5.74, 6) is -0.354. The summed E-state index contributed by atoms with van der Waals surface area (Å²) in [7, 11) is 0. The number of pyridine rings is 1. The lowest BCUT2D eigenvalue weighted by Gasteiger charge is -2.08. The van der Waals surface area contributed by atoms with Gasteiger partial charge < -0.3 is 10.3 Å². The molecule has 3 aromatic heterocycles. The number of aromatic amines is 1. The fraction of sp³-hybridized carbons (Fsp3) is 0. The molecule has 7 heteroatoms. The van der Waals surface area contributed by atoms with E-state index in [1.807, 2.05) is 36.4 Å². The van der Waals surface area contributed by atoms with Gasteiger partial charge in [0.1, 0.15) is 11.2 Å². The van der Waals surface area contributed by atoms with Gasteiger partial charge in [-0.05, 0) is 36.4 Å². The molecule has 0 saturated carbocycles. The van der Waals surface area contributed by atoms with Crippen LogP contribution in [-0.2, 0) is 0 Å². The molecule has 0 spiro atoms. The molecule has 0 bridgehead atoms. The minimum Gasteiger partial charge on any atom is -0.321 e. The van der Waals surface area contributed by atoms with E-state index in [9.17, 15) is 9.59 Å². The van der Waals surface area contributed by atoms with Gasteiger partial charge in [-0.25, -0.2) is 4.52 Å². The Bertz CT molecular complexity index is 1390. The Kier molecular flexibility index (Phi) is 3.26. The van der Waals surface area contributed by atoms with Gasteiger partial charge in [0.25, 0.3) is 11.5 Å². The molecule has 5 rings (SSSR count). The second-order valence-electron chi connectivity index (χ2n) is 6.12. The lowest BCUT2D eigenvalue weighted by Crippen LogP contribution is -2.15. The Morgan fingerprint density at radius 2 is 1.85 bits per heavy atom. The predicted octanol–water partition coefficient (Wildman–Crippen LogP) is 2.98. The van der Waals surface area contributed by atoms with Crippen LogP contribution in [0.4, 0.5) is 5.69 Å². The number of carbonyl (C=O) groups is 1. The Morgan fingerprint density at radius 3 is 2.78 bits per heavy atom. The number of H-pyrrole nitrogens is 1. The highest BCUT2D eigenvalue weighted by atomic mass is 16.2. The van der Waals surface area contributed by atoms with Gasteiger partial charge in [-0.3, -0.25) is 14.6 Å². The maximum Gasteiger partial charge on any atom is 0.261 e. The third kappa shape index (κ3) is 2.36. The zero-order valence-electron chi connectivity index (χ0n) is 14.0. The molecule has 130 valence electrons. The van der Waals surface area contributed by atoms with E-state index in [4.69, 9.17) is 0 Å². The molecular weight excluding hydrogens is 342 g/mol. The van der Waals surface area contributed by atoms with Gasteiger partial charge in [0.15, 0.2) is 0 Å². The Hall–Kier alpha value is -4.00. The van der Waals surface area contributed by atoms with Crippen molar-refractivity contribution in [2.24, 2.45) is 0 Å². The number of rotatable bonds is 2. The normalized spacial score (nSPS) is 11.3. The van der Waals surface area contributed by atoms with Crippen molar-refractivity contribution < 1.29 is 4.79 Å². The third-order valence-electron chi connectivity index (χ3n) is 4.52. The minimum absolute atomic E-state index is 0.262. The van der Waals surface area contributed by atoms with E-state index in [0.29, 0.717) is 27.8 Å². The number of anilines is 1. The number of fused-ring (bicyclic) bond motifs is 4. The first-order valence-corrected chi connectivity index (χ1v) is 8.36. The molecule has 5 aromatic rings. The fourth-order valence-electron chi connectivity index (χ4n) is 3.24. The van der Waals surface area contributed by atoms with Crippen LogP contribution in [0.15, 0.2) is 71.8 Å². The SMILES string of the molecule is O=C(Nc1cccc2ncccc12)c1cnn2c1[nH]c(=O)c1ccccc12. The molecule has 0 fully saturated rings. The van der Waals surface area contributed by atoms with E-state index in [2.05, 4.69) is 20.4 Å². The van der Waals surface area contributed by atoms with Crippen LogP contribution in [0.25, 0.3) is 27.5 Å². The van der Waals surface area contributed by atoms with Crippen molar-refractivity contribution in [2.45, 2.75) is 0 Å². The molecule has 0 aliphatic heterocycles. The van der Waals surface area contributed by atoms with Crippen molar-refractivity contribution in [1.82, 2.24) is 19.6 Å². The van der Waals surface area contributed by atoms with Gasteiger partial charge in [-0.1, -0.05) is 18.2 Å². The summed E-state index contributed by atoms with van der Waals surface area (Å²) < 4.78 is 1.57. The van der Waals surface area contributed by atoms with Gasteiger partial charge in [-0.15, -0.1) is 0 Å². The van der Waals surface area contributed by atoms with E-state index in [1.54, 1.807) is 28.9 Å². The van der Waals surface area contributed by atoms with E-state index in [-0.39, 0.29) is 11.5 Å². The number of aromatic nitrogens is 4. The Balaban J connectivity index is 1.63. The molecule has 0 unspecified atom stereocenters. The van der Waals surface area contributed by atoms with Gasteiger partial charge >= 0.3 is 0 Å². The van der Waals surface area contributed by atoms with Crippen LogP contribution >= 0.6 is 0 Å². The number of hydrogen-bond donors (Lipinski definition) is 2. The van der Waals surface area contributed by atoms with Gasteiger partial charge in [0.05, 0.1) is 28.3 Å². The highest BCUT2D eigenvalue weighted by Gasteiger charge is 2.17. The summed E-state index contributed by atoms with van der Waals surface area (Å²) in [5.41, 5.74) is 2.46. The number of para-hydroxylation sites is 1. The summed E-state index contributed by atoms with van der Waals surface area (Å²) in [5, 5.41) is 8.53. The largest absolute Gasteiger partial charge is 0.321 e. The molecule has 0 saturated heterocycles. The van der Waals surface area contributed by atoms with Crippen molar-refractivity contribution in [2.75, 3.05) is 5.32 Å². The van der Waals surface area contributed by atoms with Crippen LogP contribution in [0, 0.1) is 0 Å². The van der Waals surface area contributed by atoms with Crippen molar-refractivity contribution in [3.05, 3.63) is 82.9 Å². The number of carbonyl (C=O) groups excluding carboxylic acids is 1. The standard InChI is InChI=1S/C20H13N5O2/c26-19-13-5-1-2-9-17(13)25-18(24-19)14(11-22-25)20(27)23-16-8-3-7-15-12(16)6-4-10-21-15/h1-11H,(H,23,27)(H,24,26). The number of hydrogen-bond acceptors (Lipinski definition) is 4. The maximum atomic E-state index is 12.9.